The van der Waals surface area contributed by atoms with Crippen molar-refractivity contribution >= 4 is 29.2 Å². The zero-order valence-corrected chi connectivity index (χ0v) is 11.3. The van der Waals surface area contributed by atoms with Gasteiger partial charge in [0.2, 0.25) is 5.12 Å². The van der Waals surface area contributed by atoms with Crippen LogP contribution in [0.25, 0.3) is 0 Å². The third kappa shape index (κ3) is 2.69. The van der Waals surface area contributed by atoms with Crippen LogP contribution >= 0.6 is 12.6 Å². The summed E-state index contributed by atoms with van der Waals surface area (Å²) in [6, 6.07) is 12.0. The van der Waals surface area contributed by atoms with E-state index in [0.717, 1.165) is 0 Å². The SMILES string of the molecule is Cc1cc(C(=O)S)cc(N)c1C(=O)c1ccccc1. The van der Waals surface area contributed by atoms with Crippen LogP contribution in [-0.4, -0.2) is 10.9 Å². The zero-order valence-electron chi connectivity index (χ0n) is 10.4. The summed E-state index contributed by atoms with van der Waals surface area (Å²) >= 11 is 3.76. The van der Waals surface area contributed by atoms with Gasteiger partial charge in [-0.05, 0) is 24.6 Å². The Labute approximate surface area is 116 Å². The van der Waals surface area contributed by atoms with Crippen molar-refractivity contribution in [2.24, 2.45) is 0 Å². The van der Waals surface area contributed by atoms with E-state index in [9.17, 15) is 9.59 Å². The predicted octanol–water partition coefficient (Wildman–Crippen LogP) is 2.88. The number of nitrogens with two attached hydrogens (primary N) is 1. The second-order valence-corrected chi connectivity index (χ2v) is 4.66. The van der Waals surface area contributed by atoms with Gasteiger partial charge < -0.3 is 5.73 Å². The van der Waals surface area contributed by atoms with Gasteiger partial charge in [-0.3, -0.25) is 9.59 Å². The molecule has 0 radical (unpaired) electrons. The van der Waals surface area contributed by atoms with Gasteiger partial charge in [0.1, 0.15) is 0 Å². The van der Waals surface area contributed by atoms with Gasteiger partial charge >= 0.3 is 0 Å². The first-order valence-electron chi connectivity index (χ1n) is 5.74. The van der Waals surface area contributed by atoms with Gasteiger partial charge in [0.25, 0.3) is 0 Å². The molecule has 2 aromatic carbocycles. The number of hydrogen-bond donors (Lipinski definition) is 2. The van der Waals surface area contributed by atoms with E-state index < -0.39 is 0 Å². The first-order valence-corrected chi connectivity index (χ1v) is 6.18. The Morgan fingerprint density at radius 1 is 1.05 bits per heavy atom. The first-order chi connectivity index (χ1) is 9.00. The number of anilines is 1. The highest BCUT2D eigenvalue weighted by Crippen LogP contribution is 2.23. The van der Waals surface area contributed by atoms with Gasteiger partial charge in [-0.15, -0.1) is 12.6 Å². The van der Waals surface area contributed by atoms with Crippen LogP contribution in [0, 0.1) is 6.92 Å². The molecule has 2 aromatic rings. The second kappa shape index (κ2) is 5.28. The van der Waals surface area contributed by atoms with Gasteiger partial charge in [-0.2, -0.15) is 0 Å². The van der Waals surface area contributed by atoms with Crippen molar-refractivity contribution in [1.82, 2.24) is 0 Å². The highest BCUT2D eigenvalue weighted by molar-refractivity contribution is 7.97. The van der Waals surface area contributed by atoms with Crippen LogP contribution in [0.15, 0.2) is 42.5 Å². The number of carbonyl (C=O) groups excluding carboxylic acids is 2. The number of thiol groups is 1. The van der Waals surface area contributed by atoms with E-state index >= 15 is 0 Å². The molecule has 2 N–H and O–H groups in total. The van der Waals surface area contributed by atoms with Crippen molar-refractivity contribution in [3.63, 3.8) is 0 Å². The first kappa shape index (κ1) is 13.4. The Morgan fingerprint density at radius 3 is 2.21 bits per heavy atom. The standard InChI is InChI=1S/C15H13NO2S/c1-9-7-11(15(18)19)8-12(16)13(9)14(17)10-5-3-2-4-6-10/h2-8H,16H2,1H3,(H,18,19). The Balaban J connectivity index is 2.52. The zero-order chi connectivity index (χ0) is 14.0. The van der Waals surface area contributed by atoms with Gasteiger partial charge in [0.15, 0.2) is 5.78 Å². The van der Waals surface area contributed by atoms with Crippen LogP contribution < -0.4 is 5.73 Å². The Hall–Kier alpha value is -2.07. The van der Waals surface area contributed by atoms with E-state index in [1.807, 2.05) is 6.07 Å². The van der Waals surface area contributed by atoms with E-state index in [0.29, 0.717) is 27.9 Å². The number of rotatable bonds is 3. The van der Waals surface area contributed by atoms with E-state index in [-0.39, 0.29) is 10.9 Å². The minimum absolute atomic E-state index is 0.145. The van der Waals surface area contributed by atoms with Gasteiger partial charge in [0, 0.05) is 22.4 Å². The van der Waals surface area contributed by atoms with Crippen molar-refractivity contribution in [2.45, 2.75) is 6.92 Å². The predicted molar refractivity (Wildman–Crippen MR) is 78.8 cm³/mol. The summed E-state index contributed by atoms with van der Waals surface area (Å²) < 4.78 is 0. The lowest BCUT2D eigenvalue weighted by molar-refractivity contribution is 0.103. The summed E-state index contributed by atoms with van der Waals surface area (Å²) in [6.45, 7) is 1.76. The highest BCUT2D eigenvalue weighted by Gasteiger charge is 2.16. The molecule has 0 fully saturated rings. The van der Waals surface area contributed by atoms with Crippen molar-refractivity contribution in [2.75, 3.05) is 5.73 Å². The third-order valence-corrected chi connectivity index (χ3v) is 3.13. The number of ketones is 1. The Bertz CT molecular complexity index is 627. The molecular weight excluding hydrogens is 258 g/mol. The molecule has 0 aliphatic rings. The molecule has 0 aliphatic carbocycles. The summed E-state index contributed by atoms with van der Waals surface area (Å²) in [4.78, 5) is 23.6. The number of benzene rings is 2. The molecule has 0 heterocycles. The number of nitrogen functional groups attached to an aromatic ring is 1. The third-order valence-electron chi connectivity index (χ3n) is 2.88. The molecule has 0 bridgehead atoms. The summed E-state index contributed by atoms with van der Waals surface area (Å²) in [5.74, 6) is -0.145. The van der Waals surface area contributed by atoms with Crippen molar-refractivity contribution in [3.8, 4) is 0 Å². The molecule has 0 unspecified atom stereocenters. The number of hydrogen-bond acceptors (Lipinski definition) is 3. The smallest absolute Gasteiger partial charge is 0.216 e. The lowest BCUT2D eigenvalue weighted by Gasteiger charge is -2.10. The fraction of sp³-hybridized carbons (Fsp3) is 0.0667. The quantitative estimate of drug-likeness (QED) is 0.512. The van der Waals surface area contributed by atoms with Gasteiger partial charge in [-0.1, -0.05) is 30.3 Å². The Kier molecular flexibility index (Phi) is 3.71. The van der Waals surface area contributed by atoms with Crippen LogP contribution in [0.3, 0.4) is 0 Å². The average molecular weight is 271 g/mol. The molecule has 0 atom stereocenters. The molecule has 96 valence electrons. The molecule has 19 heavy (non-hydrogen) atoms. The molecule has 0 aromatic heterocycles. The number of aryl methyl sites for hydroxylation is 1. The molecule has 3 nitrogen and oxygen atoms in total. The van der Waals surface area contributed by atoms with Crippen LogP contribution in [0.1, 0.15) is 31.8 Å². The Morgan fingerprint density at radius 2 is 1.68 bits per heavy atom. The lowest BCUT2D eigenvalue weighted by Crippen LogP contribution is -2.09. The maximum absolute atomic E-state index is 12.4. The molecule has 2 rings (SSSR count). The largest absolute Gasteiger partial charge is 0.398 e. The minimum Gasteiger partial charge on any atom is -0.398 e. The molecule has 4 heteroatoms. The van der Waals surface area contributed by atoms with E-state index in [2.05, 4.69) is 12.6 Å². The van der Waals surface area contributed by atoms with E-state index in [4.69, 9.17) is 5.73 Å². The summed E-state index contributed by atoms with van der Waals surface area (Å²) in [5.41, 5.74) is 8.26. The monoisotopic (exact) mass is 271 g/mol. The van der Waals surface area contributed by atoms with Crippen molar-refractivity contribution in [1.29, 1.82) is 0 Å². The lowest BCUT2D eigenvalue weighted by atomic mass is 9.95. The molecule has 0 spiro atoms. The molecule has 0 saturated heterocycles. The average Bonchev–Trinajstić information content (AvgIpc) is 2.38. The summed E-state index contributed by atoms with van der Waals surface area (Å²) in [5, 5.41) is -0.367. The van der Waals surface area contributed by atoms with Crippen LogP contribution in [0.5, 0.6) is 0 Å². The molecule has 0 aliphatic heterocycles. The van der Waals surface area contributed by atoms with Crippen LogP contribution in [0.2, 0.25) is 0 Å². The highest BCUT2D eigenvalue weighted by atomic mass is 32.1. The molecule has 0 saturated carbocycles. The van der Waals surface area contributed by atoms with Gasteiger partial charge in [0.05, 0.1) is 0 Å². The summed E-state index contributed by atoms with van der Waals surface area (Å²) in [7, 11) is 0. The minimum atomic E-state index is -0.367. The second-order valence-electron chi connectivity index (χ2n) is 4.26. The van der Waals surface area contributed by atoms with E-state index in [1.165, 1.54) is 6.07 Å². The summed E-state index contributed by atoms with van der Waals surface area (Å²) in [6.07, 6.45) is 0. The topological polar surface area (TPSA) is 60.2 Å². The van der Waals surface area contributed by atoms with Gasteiger partial charge in [-0.25, -0.2) is 0 Å². The van der Waals surface area contributed by atoms with Crippen molar-refractivity contribution < 1.29 is 9.59 Å². The fourth-order valence-corrected chi connectivity index (χ4v) is 2.11. The van der Waals surface area contributed by atoms with Crippen LogP contribution in [-0.2, 0) is 0 Å². The maximum Gasteiger partial charge on any atom is 0.216 e. The fourth-order valence-electron chi connectivity index (χ4n) is 1.98. The number of carbonyl (C=O) groups is 2. The van der Waals surface area contributed by atoms with Crippen LogP contribution in [0.4, 0.5) is 5.69 Å². The van der Waals surface area contributed by atoms with E-state index in [1.54, 1.807) is 37.3 Å². The molecule has 0 amide bonds. The molecular formula is C15H13NO2S. The normalized spacial score (nSPS) is 10.2. The maximum atomic E-state index is 12.4. The van der Waals surface area contributed by atoms with Crippen molar-refractivity contribution in [3.05, 3.63) is 64.7 Å².